The Hall–Kier alpha value is -0.700. The average molecular weight is 233 g/mol. The van der Waals surface area contributed by atoms with Gasteiger partial charge in [0.1, 0.15) is 0 Å². The molecule has 0 aromatic rings. The molecule has 0 unspecified atom stereocenters. The fraction of sp³-hybridized carbons (Fsp3) is 0.706. The summed E-state index contributed by atoms with van der Waals surface area (Å²) in [5.41, 5.74) is 0. The molecule has 0 N–H and O–H groups in total. The van der Waals surface area contributed by atoms with Gasteiger partial charge in [0.2, 0.25) is 0 Å². The van der Waals surface area contributed by atoms with Crippen molar-refractivity contribution in [1.82, 2.24) is 0 Å². The Bertz CT molecular complexity index is 214. The van der Waals surface area contributed by atoms with Crippen molar-refractivity contribution in [2.45, 2.75) is 77.6 Å². The molecular weight excluding hydrogens is 204 g/mol. The van der Waals surface area contributed by atoms with Gasteiger partial charge in [-0.1, -0.05) is 70.4 Å². The number of allylic oxidation sites excluding steroid dienone is 2. The van der Waals surface area contributed by atoms with Crippen LogP contribution in [0.15, 0.2) is 12.2 Å². The predicted molar refractivity (Wildman–Crippen MR) is 78.7 cm³/mol. The molecular formula is C17H29. The van der Waals surface area contributed by atoms with Crippen LogP contribution in [0.1, 0.15) is 77.6 Å². The molecule has 0 aromatic carbocycles. The molecule has 0 atom stereocenters. The summed E-state index contributed by atoms with van der Waals surface area (Å²) in [6.07, 6.45) is 18.0. The molecule has 0 saturated carbocycles. The number of hydrogen-bond donors (Lipinski definition) is 0. The highest BCUT2D eigenvalue weighted by atomic mass is 13.9. The first kappa shape index (κ1) is 16.3. The van der Waals surface area contributed by atoms with E-state index in [9.17, 15) is 0 Å². The summed E-state index contributed by atoms with van der Waals surface area (Å²) in [5.74, 6) is 6.47. The monoisotopic (exact) mass is 233 g/mol. The van der Waals surface area contributed by atoms with E-state index in [4.69, 9.17) is 0 Å². The Morgan fingerprint density at radius 1 is 0.882 bits per heavy atom. The lowest BCUT2D eigenvalue weighted by atomic mass is 10.1. The highest BCUT2D eigenvalue weighted by Gasteiger charge is 1.87. The molecule has 0 bridgehead atoms. The molecule has 0 heterocycles. The zero-order valence-electron chi connectivity index (χ0n) is 11.6. The van der Waals surface area contributed by atoms with Crippen molar-refractivity contribution in [2.24, 2.45) is 0 Å². The van der Waals surface area contributed by atoms with Crippen LogP contribution in [0.5, 0.6) is 0 Å². The van der Waals surface area contributed by atoms with Crippen molar-refractivity contribution in [1.29, 1.82) is 0 Å². The molecule has 0 aliphatic rings. The summed E-state index contributed by atoms with van der Waals surface area (Å²) in [7, 11) is 0. The minimum absolute atomic E-state index is 0.924. The van der Waals surface area contributed by atoms with Gasteiger partial charge in [-0.3, -0.25) is 0 Å². The normalized spacial score (nSPS) is 10.5. The third-order valence-electron chi connectivity index (χ3n) is 2.79. The maximum absolute atomic E-state index is 3.82. The van der Waals surface area contributed by atoms with E-state index >= 15 is 0 Å². The molecule has 0 aromatic heterocycles. The maximum Gasteiger partial charge on any atom is 0.0269 e. The minimum Gasteiger partial charge on any atom is -0.103 e. The van der Waals surface area contributed by atoms with E-state index in [2.05, 4.69) is 37.8 Å². The van der Waals surface area contributed by atoms with Crippen molar-refractivity contribution in [3.8, 4) is 11.8 Å². The lowest BCUT2D eigenvalue weighted by molar-refractivity contribution is 0.614. The van der Waals surface area contributed by atoms with E-state index in [1.807, 2.05) is 0 Å². The van der Waals surface area contributed by atoms with Crippen LogP contribution in [0.25, 0.3) is 0 Å². The van der Waals surface area contributed by atoms with Gasteiger partial charge in [-0.05, 0) is 19.3 Å². The molecule has 0 heteroatoms. The van der Waals surface area contributed by atoms with Crippen LogP contribution in [-0.4, -0.2) is 0 Å². The fourth-order valence-electron chi connectivity index (χ4n) is 1.68. The predicted octanol–water partition coefficient (Wildman–Crippen LogP) is 5.69. The summed E-state index contributed by atoms with van der Waals surface area (Å²) in [5, 5.41) is 0. The van der Waals surface area contributed by atoms with E-state index in [-0.39, 0.29) is 0 Å². The van der Waals surface area contributed by atoms with E-state index < -0.39 is 0 Å². The Balaban J connectivity index is 3.17. The van der Waals surface area contributed by atoms with Gasteiger partial charge in [0.05, 0.1) is 0 Å². The highest BCUT2D eigenvalue weighted by Crippen LogP contribution is 2.06. The van der Waals surface area contributed by atoms with Gasteiger partial charge < -0.3 is 0 Å². The molecule has 0 fully saturated rings. The van der Waals surface area contributed by atoms with Crippen LogP contribution in [0, 0.1) is 18.8 Å². The second kappa shape index (κ2) is 15.3. The molecule has 0 amide bonds. The largest absolute Gasteiger partial charge is 0.103 e. The van der Waals surface area contributed by atoms with Gasteiger partial charge in [-0.15, -0.1) is 5.92 Å². The average Bonchev–Trinajstić information content (AvgIpc) is 2.35. The number of hydrogen-bond acceptors (Lipinski definition) is 0. The third kappa shape index (κ3) is 15.3. The van der Waals surface area contributed by atoms with Crippen LogP contribution in [0.2, 0.25) is 0 Å². The zero-order valence-corrected chi connectivity index (χ0v) is 11.6. The second-order valence-electron chi connectivity index (χ2n) is 4.54. The Morgan fingerprint density at radius 2 is 1.65 bits per heavy atom. The molecule has 0 saturated heterocycles. The first-order valence-electron chi connectivity index (χ1n) is 7.31. The molecule has 0 nitrogen and oxygen atoms in total. The summed E-state index contributed by atoms with van der Waals surface area (Å²) >= 11 is 0. The van der Waals surface area contributed by atoms with Crippen molar-refractivity contribution < 1.29 is 0 Å². The molecule has 1 radical (unpaired) electrons. The van der Waals surface area contributed by atoms with E-state index in [0.29, 0.717) is 0 Å². The smallest absolute Gasteiger partial charge is 0.0269 e. The van der Waals surface area contributed by atoms with Crippen molar-refractivity contribution in [3.05, 3.63) is 19.1 Å². The summed E-state index contributed by atoms with van der Waals surface area (Å²) < 4.78 is 0. The lowest BCUT2D eigenvalue weighted by Gasteiger charge is -1.96. The highest BCUT2D eigenvalue weighted by molar-refractivity contribution is 5.04. The molecule has 0 aliphatic heterocycles. The minimum atomic E-state index is 0.924. The summed E-state index contributed by atoms with van der Waals surface area (Å²) in [4.78, 5) is 0. The first-order chi connectivity index (χ1) is 8.41. The summed E-state index contributed by atoms with van der Waals surface area (Å²) in [6.45, 7) is 6.08. The Morgan fingerprint density at radius 3 is 2.41 bits per heavy atom. The van der Waals surface area contributed by atoms with Gasteiger partial charge in [0, 0.05) is 12.8 Å². The Kier molecular flexibility index (Phi) is 14.7. The molecule has 97 valence electrons. The van der Waals surface area contributed by atoms with Gasteiger partial charge in [-0.2, -0.15) is 0 Å². The first-order valence-corrected chi connectivity index (χ1v) is 7.31. The fourth-order valence-corrected chi connectivity index (χ4v) is 1.68. The van der Waals surface area contributed by atoms with Gasteiger partial charge in [-0.25, -0.2) is 0 Å². The van der Waals surface area contributed by atoms with Gasteiger partial charge in [0.15, 0.2) is 0 Å². The summed E-state index contributed by atoms with van der Waals surface area (Å²) in [6, 6.07) is 0. The number of rotatable bonds is 10. The van der Waals surface area contributed by atoms with Crippen LogP contribution in [0.3, 0.4) is 0 Å². The maximum atomic E-state index is 3.82. The van der Waals surface area contributed by atoms with Crippen molar-refractivity contribution in [3.63, 3.8) is 0 Å². The third-order valence-corrected chi connectivity index (χ3v) is 2.79. The Labute approximate surface area is 109 Å². The molecule has 0 rings (SSSR count). The van der Waals surface area contributed by atoms with Crippen molar-refractivity contribution in [2.75, 3.05) is 0 Å². The van der Waals surface area contributed by atoms with Gasteiger partial charge >= 0.3 is 0 Å². The topological polar surface area (TPSA) is 0 Å². The van der Waals surface area contributed by atoms with Crippen LogP contribution >= 0.6 is 0 Å². The number of unbranched alkanes of at least 4 members (excludes halogenated alkanes) is 8. The van der Waals surface area contributed by atoms with Gasteiger partial charge in [0.25, 0.3) is 0 Å². The van der Waals surface area contributed by atoms with Crippen LogP contribution in [0.4, 0.5) is 0 Å². The standard InChI is InChI=1S/C17H29/c1-3-5-7-9-11-13-15-17-16-14-12-10-8-6-4-2/h9,11H,1,3-8,10,12-14,16H2,2H3. The zero-order chi connectivity index (χ0) is 12.6. The van der Waals surface area contributed by atoms with Crippen LogP contribution in [-0.2, 0) is 0 Å². The quantitative estimate of drug-likeness (QED) is 0.258. The van der Waals surface area contributed by atoms with E-state index in [0.717, 1.165) is 25.7 Å². The van der Waals surface area contributed by atoms with Crippen LogP contribution < -0.4 is 0 Å². The van der Waals surface area contributed by atoms with Crippen molar-refractivity contribution >= 4 is 0 Å². The molecule has 0 aliphatic carbocycles. The molecule has 17 heavy (non-hydrogen) atoms. The lowest BCUT2D eigenvalue weighted by Crippen LogP contribution is -1.77. The van der Waals surface area contributed by atoms with E-state index in [1.165, 1.54) is 44.9 Å². The molecule has 0 spiro atoms. The van der Waals surface area contributed by atoms with E-state index in [1.54, 1.807) is 0 Å². The SMILES string of the molecule is [CH2]CCCC=CCC#CCCCCCCCC. The second-order valence-corrected chi connectivity index (χ2v) is 4.54.